The van der Waals surface area contributed by atoms with Crippen LogP contribution in [0.4, 0.5) is 0 Å². The predicted molar refractivity (Wildman–Crippen MR) is 72.9 cm³/mol. The van der Waals surface area contributed by atoms with E-state index in [1.807, 2.05) is 18.2 Å². The summed E-state index contributed by atoms with van der Waals surface area (Å²) in [5.74, 6) is 0. The van der Waals surface area contributed by atoms with Crippen molar-refractivity contribution in [3.05, 3.63) is 71.3 Å². The normalized spacial score (nSPS) is 18.7. The van der Waals surface area contributed by atoms with Crippen molar-refractivity contribution in [3.8, 4) is 0 Å². The number of aryl methyl sites for hydroxylation is 1. The molecular formula is C16H15NO. The van der Waals surface area contributed by atoms with Crippen molar-refractivity contribution in [2.24, 2.45) is 4.99 Å². The van der Waals surface area contributed by atoms with Crippen LogP contribution in [0, 0.1) is 6.92 Å². The maximum atomic E-state index is 5.74. The zero-order chi connectivity index (χ0) is 12.4. The molecule has 0 aliphatic carbocycles. The number of benzene rings is 2. The maximum absolute atomic E-state index is 5.74. The minimum absolute atomic E-state index is 0.0343. The molecule has 2 heteroatoms. The van der Waals surface area contributed by atoms with Gasteiger partial charge in [-0.2, -0.15) is 0 Å². The van der Waals surface area contributed by atoms with E-state index in [4.69, 9.17) is 4.74 Å². The Labute approximate surface area is 107 Å². The molecule has 0 saturated heterocycles. The van der Waals surface area contributed by atoms with E-state index in [0.29, 0.717) is 6.73 Å². The molecule has 2 aromatic carbocycles. The van der Waals surface area contributed by atoms with E-state index in [9.17, 15) is 0 Å². The van der Waals surface area contributed by atoms with E-state index in [1.165, 1.54) is 11.1 Å². The van der Waals surface area contributed by atoms with Crippen molar-refractivity contribution < 1.29 is 4.74 Å². The third-order valence-electron chi connectivity index (χ3n) is 3.17. The Kier molecular flexibility index (Phi) is 2.95. The maximum Gasteiger partial charge on any atom is 0.139 e. The Balaban J connectivity index is 1.94. The van der Waals surface area contributed by atoms with E-state index >= 15 is 0 Å². The van der Waals surface area contributed by atoms with Crippen molar-refractivity contribution in [1.29, 1.82) is 0 Å². The molecule has 0 amide bonds. The van der Waals surface area contributed by atoms with Crippen LogP contribution >= 0.6 is 0 Å². The Hall–Kier alpha value is -1.93. The van der Waals surface area contributed by atoms with E-state index in [2.05, 4.69) is 48.3 Å². The molecule has 1 unspecified atom stereocenters. The van der Waals surface area contributed by atoms with Crippen LogP contribution in [0.5, 0.6) is 0 Å². The molecule has 2 aromatic rings. The topological polar surface area (TPSA) is 21.6 Å². The second-order valence-electron chi connectivity index (χ2n) is 4.50. The number of nitrogens with zero attached hydrogens (tertiary/aromatic N) is 1. The summed E-state index contributed by atoms with van der Waals surface area (Å²) in [6, 6.07) is 18.7. The van der Waals surface area contributed by atoms with Gasteiger partial charge in [0.25, 0.3) is 0 Å². The average Bonchev–Trinajstić information content (AvgIpc) is 2.90. The molecule has 0 bridgehead atoms. The zero-order valence-electron chi connectivity index (χ0n) is 10.3. The summed E-state index contributed by atoms with van der Waals surface area (Å²) in [5, 5.41) is 0. The summed E-state index contributed by atoms with van der Waals surface area (Å²) < 4.78 is 5.74. The van der Waals surface area contributed by atoms with Gasteiger partial charge in [0, 0.05) is 0 Å². The number of hydrogen-bond acceptors (Lipinski definition) is 2. The van der Waals surface area contributed by atoms with Crippen LogP contribution in [-0.2, 0) is 4.74 Å². The van der Waals surface area contributed by atoms with Crippen LogP contribution in [0.25, 0.3) is 0 Å². The lowest BCUT2D eigenvalue weighted by Crippen LogP contribution is -2.11. The summed E-state index contributed by atoms with van der Waals surface area (Å²) in [7, 11) is 0. The molecule has 0 aromatic heterocycles. The van der Waals surface area contributed by atoms with Gasteiger partial charge in [-0.05, 0) is 18.1 Å². The van der Waals surface area contributed by atoms with E-state index < -0.39 is 0 Å². The summed E-state index contributed by atoms with van der Waals surface area (Å²) in [5.41, 5.74) is 4.59. The SMILES string of the molecule is Cc1ccc(C2OCN=C2c2ccccc2)cc1. The summed E-state index contributed by atoms with van der Waals surface area (Å²) in [6.07, 6.45) is -0.0343. The van der Waals surface area contributed by atoms with Gasteiger partial charge in [0.15, 0.2) is 0 Å². The standard InChI is InChI=1S/C16H15NO/c1-12-7-9-14(10-8-12)16-15(17-11-18-16)13-5-3-2-4-6-13/h2-10,16H,11H2,1H3. The third kappa shape index (κ3) is 2.07. The summed E-state index contributed by atoms with van der Waals surface area (Å²) >= 11 is 0. The molecule has 0 spiro atoms. The van der Waals surface area contributed by atoms with Gasteiger partial charge in [-0.15, -0.1) is 0 Å². The first-order valence-electron chi connectivity index (χ1n) is 6.12. The first-order valence-corrected chi connectivity index (χ1v) is 6.12. The molecule has 1 atom stereocenters. The molecule has 1 heterocycles. The quantitative estimate of drug-likeness (QED) is 0.783. The summed E-state index contributed by atoms with van der Waals surface area (Å²) in [4.78, 5) is 4.48. The first kappa shape index (κ1) is 11.2. The highest BCUT2D eigenvalue weighted by atomic mass is 16.5. The van der Waals surface area contributed by atoms with Gasteiger partial charge in [0.05, 0.1) is 5.71 Å². The highest BCUT2D eigenvalue weighted by Gasteiger charge is 2.24. The minimum atomic E-state index is -0.0343. The van der Waals surface area contributed by atoms with Crippen LogP contribution < -0.4 is 0 Å². The minimum Gasteiger partial charge on any atom is -0.345 e. The Morgan fingerprint density at radius 3 is 2.44 bits per heavy atom. The second kappa shape index (κ2) is 4.75. The van der Waals surface area contributed by atoms with Crippen molar-refractivity contribution in [1.82, 2.24) is 0 Å². The van der Waals surface area contributed by atoms with Crippen molar-refractivity contribution >= 4 is 5.71 Å². The lowest BCUT2D eigenvalue weighted by molar-refractivity contribution is 0.127. The van der Waals surface area contributed by atoms with Crippen molar-refractivity contribution in [2.75, 3.05) is 6.73 Å². The smallest absolute Gasteiger partial charge is 0.139 e. The first-order chi connectivity index (χ1) is 8.84. The summed E-state index contributed by atoms with van der Waals surface area (Å²) in [6.45, 7) is 2.54. The highest BCUT2D eigenvalue weighted by molar-refractivity contribution is 6.05. The number of hydrogen-bond donors (Lipinski definition) is 0. The fourth-order valence-electron chi connectivity index (χ4n) is 2.19. The van der Waals surface area contributed by atoms with Gasteiger partial charge in [-0.1, -0.05) is 60.2 Å². The van der Waals surface area contributed by atoms with Crippen LogP contribution in [0.3, 0.4) is 0 Å². The second-order valence-corrected chi connectivity index (χ2v) is 4.50. The fourth-order valence-corrected chi connectivity index (χ4v) is 2.19. The van der Waals surface area contributed by atoms with Crippen LogP contribution in [0.15, 0.2) is 59.6 Å². The molecule has 1 aliphatic heterocycles. The van der Waals surface area contributed by atoms with Crippen LogP contribution in [-0.4, -0.2) is 12.4 Å². The molecule has 0 fully saturated rings. The molecule has 0 saturated carbocycles. The van der Waals surface area contributed by atoms with Gasteiger partial charge in [0.2, 0.25) is 0 Å². The largest absolute Gasteiger partial charge is 0.345 e. The Morgan fingerprint density at radius 2 is 1.72 bits per heavy atom. The monoisotopic (exact) mass is 237 g/mol. The lowest BCUT2D eigenvalue weighted by atomic mass is 9.98. The zero-order valence-corrected chi connectivity index (χ0v) is 10.3. The highest BCUT2D eigenvalue weighted by Crippen LogP contribution is 2.27. The van der Waals surface area contributed by atoms with Gasteiger partial charge in [0.1, 0.15) is 12.8 Å². The molecule has 90 valence electrons. The van der Waals surface area contributed by atoms with E-state index in [0.717, 1.165) is 11.3 Å². The molecule has 0 radical (unpaired) electrons. The van der Waals surface area contributed by atoms with Gasteiger partial charge in [-0.25, -0.2) is 0 Å². The number of ether oxygens (including phenoxy) is 1. The van der Waals surface area contributed by atoms with Gasteiger partial charge < -0.3 is 4.74 Å². The molecule has 0 N–H and O–H groups in total. The molecule has 3 rings (SSSR count). The van der Waals surface area contributed by atoms with Crippen molar-refractivity contribution in [3.63, 3.8) is 0 Å². The number of rotatable bonds is 2. The lowest BCUT2D eigenvalue weighted by Gasteiger charge is -2.13. The van der Waals surface area contributed by atoms with Gasteiger partial charge in [-0.3, -0.25) is 4.99 Å². The molecule has 2 nitrogen and oxygen atoms in total. The third-order valence-corrected chi connectivity index (χ3v) is 3.17. The fraction of sp³-hybridized carbons (Fsp3) is 0.188. The Bertz CT molecular complexity index is 557. The van der Waals surface area contributed by atoms with Crippen LogP contribution in [0.2, 0.25) is 0 Å². The Morgan fingerprint density at radius 1 is 1.00 bits per heavy atom. The van der Waals surface area contributed by atoms with Crippen LogP contribution in [0.1, 0.15) is 22.8 Å². The van der Waals surface area contributed by atoms with E-state index in [1.54, 1.807) is 0 Å². The molecular weight excluding hydrogens is 222 g/mol. The molecule has 18 heavy (non-hydrogen) atoms. The van der Waals surface area contributed by atoms with E-state index in [-0.39, 0.29) is 6.10 Å². The predicted octanol–water partition coefficient (Wildman–Crippen LogP) is 3.51. The molecule has 1 aliphatic rings. The number of aliphatic imine (C=N–C) groups is 1. The average molecular weight is 237 g/mol. The van der Waals surface area contributed by atoms with Crippen molar-refractivity contribution in [2.45, 2.75) is 13.0 Å². The van der Waals surface area contributed by atoms with Gasteiger partial charge >= 0.3 is 0 Å².